The Bertz CT molecular complexity index is 739. The van der Waals surface area contributed by atoms with Gasteiger partial charge in [-0.15, -0.1) is 0 Å². The first-order valence-corrected chi connectivity index (χ1v) is 10.3. The average Bonchev–Trinajstić information content (AvgIpc) is 2.61. The van der Waals surface area contributed by atoms with E-state index in [0.29, 0.717) is 5.75 Å². The zero-order valence-electron chi connectivity index (χ0n) is 14.6. The van der Waals surface area contributed by atoms with Crippen LogP contribution in [-0.4, -0.2) is 50.1 Å². The van der Waals surface area contributed by atoms with E-state index in [-0.39, 0.29) is 29.4 Å². The predicted octanol–water partition coefficient (Wildman–Crippen LogP) is 2.43. The molecule has 7 nitrogen and oxygen atoms in total. The number of esters is 2. The lowest BCUT2D eigenvalue weighted by Gasteiger charge is -2.12. The van der Waals surface area contributed by atoms with Gasteiger partial charge in [-0.2, -0.15) is 20.2 Å². The molecule has 0 spiro atoms. The van der Waals surface area contributed by atoms with Gasteiger partial charge in [0.25, 0.3) is 10.1 Å². The molecule has 144 valence electrons. The van der Waals surface area contributed by atoms with Crippen molar-refractivity contribution in [2.45, 2.75) is 24.2 Å². The van der Waals surface area contributed by atoms with Crippen molar-refractivity contribution in [2.75, 3.05) is 25.2 Å². The van der Waals surface area contributed by atoms with E-state index in [9.17, 15) is 18.0 Å². The molecule has 0 saturated carbocycles. The summed E-state index contributed by atoms with van der Waals surface area (Å²) in [5, 5.41) is 0. The first kappa shape index (κ1) is 22.2. The highest BCUT2D eigenvalue weighted by atomic mass is 32.2. The van der Waals surface area contributed by atoms with Crippen LogP contribution in [0.1, 0.15) is 24.8 Å². The highest BCUT2D eigenvalue weighted by Crippen LogP contribution is 2.22. The number of methoxy groups -OCH3 is 1. The molecule has 0 amide bonds. The molecule has 1 rings (SSSR count). The van der Waals surface area contributed by atoms with Crippen molar-refractivity contribution in [1.82, 2.24) is 0 Å². The van der Waals surface area contributed by atoms with E-state index in [0.717, 1.165) is 11.3 Å². The zero-order valence-corrected chi connectivity index (χ0v) is 16.3. The van der Waals surface area contributed by atoms with E-state index < -0.39 is 22.1 Å². The second-order valence-electron chi connectivity index (χ2n) is 5.53. The summed E-state index contributed by atoms with van der Waals surface area (Å²) in [5.74, 6) is 0.393. The zero-order chi connectivity index (χ0) is 19.7. The minimum Gasteiger partial charge on any atom is -0.466 e. The Labute approximate surface area is 157 Å². The molecule has 0 radical (unpaired) electrons. The Morgan fingerprint density at radius 1 is 1.27 bits per heavy atom. The third-order valence-corrected chi connectivity index (χ3v) is 5.54. The highest BCUT2D eigenvalue weighted by Gasteiger charge is 2.13. The van der Waals surface area contributed by atoms with Crippen LogP contribution in [0.3, 0.4) is 0 Å². The molecule has 26 heavy (non-hydrogen) atoms. The van der Waals surface area contributed by atoms with Crippen molar-refractivity contribution in [3.8, 4) is 0 Å². The average molecular weight is 402 g/mol. The molecule has 1 aromatic rings. The lowest BCUT2D eigenvalue weighted by Crippen LogP contribution is -2.14. The normalized spacial score (nSPS) is 12.3. The standard InChI is InChI=1S/C17H22O7S2/c1-12(17(19)23-3)10-24-16(18)8-9-25-11-13(2)14-4-6-15(7-5-14)26(20,21)22/h4-7,13H,1,8-11H2,2-3H3,(H,20,21,22). The summed E-state index contributed by atoms with van der Waals surface area (Å²) in [6.45, 7) is 5.25. The molecule has 9 heteroatoms. The van der Waals surface area contributed by atoms with Gasteiger partial charge in [0.1, 0.15) is 6.61 Å². The first-order valence-electron chi connectivity index (χ1n) is 7.72. The molecule has 1 N–H and O–H groups in total. The maximum Gasteiger partial charge on any atom is 0.336 e. The molecule has 1 atom stereocenters. The van der Waals surface area contributed by atoms with Crippen molar-refractivity contribution < 1.29 is 32.0 Å². The van der Waals surface area contributed by atoms with Crippen molar-refractivity contribution in [3.05, 3.63) is 42.0 Å². The van der Waals surface area contributed by atoms with Gasteiger partial charge in [-0.05, 0) is 29.4 Å². The number of rotatable bonds is 10. The summed E-state index contributed by atoms with van der Waals surface area (Å²) in [6, 6.07) is 6.02. The number of ether oxygens (including phenoxy) is 2. The van der Waals surface area contributed by atoms with Crippen LogP contribution in [0.4, 0.5) is 0 Å². The van der Waals surface area contributed by atoms with Gasteiger partial charge in [0.05, 0.1) is 24.0 Å². The molecule has 0 aromatic heterocycles. The van der Waals surface area contributed by atoms with Crippen LogP contribution in [-0.2, 0) is 29.2 Å². The molecular formula is C17H22O7S2. The van der Waals surface area contributed by atoms with Gasteiger partial charge in [-0.25, -0.2) is 4.79 Å². The molecular weight excluding hydrogens is 380 g/mol. The lowest BCUT2D eigenvalue weighted by atomic mass is 10.0. The van der Waals surface area contributed by atoms with Gasteiger partial charge in [0.2, 0.25) is 0 Å². The number of carbonyl (C=O) groups is 2. The molecule has 0 saturated heterocycles. The van der Waals surface area contributed by atoms with Gasteiger partial charge in [0, 0.05) is 5.75 Å². The molecule has 0 fully saturated rings. The Balaban J connectivity index is 2.31. The Morgan fingerprint density at radius 3 is 2.42 bits per heavy atom. The summed E-state index contributed by atoms with van der Waals surface area (Å²) in [6.07, 6.45) is 0.202. The van der Waals surface area contributed by atoms with Gasteiger partial charge < -0.3 is 9.47 Å². The lowest BCUT2D eigenvalue weighted by molar-refractivity contribution is -0.143. The van der Waals surface area contributed by atoms with Gasteiger partial charge in [0.15, 0.2) is 0 Å². The fourth-order valence-corrected chi connectivity index (χ4v) is 3.43. The van der Waals surface area contributed by atoms with Crippen molar-refractivity contribution in [3.63, 3.8) is 0 Å². The molecule has 1 aromatic carbocycles. The minimum absolute atomic E-state index is 0.0791. The number of hydrogen-bond donors (Lipinski definition) is 1. The Hall–Kier alpha value is -1.84. The molecule has 1 unspecified atom stereocenters. The van der Waals surface area contributed by atoms with Crippen molar-refractivity contribution in [1.29, 1.82) is 0 Å². The first-order chi connectivity index (χ1) is 12.1. The van der Waals surface area contributed by atoms with E-state index in [1.54, 1.807) is 23.9 Å². The van der Waals surface area contributed by atoms with E-state index in [1.807, 2.05) is 6.92 Å². The maximum absolute atomic E-state index is 11.6. The van der Waals surface area contributed by atoms with Crippen LogP contribution in [0.15, 0.2) is 41.3 Å². The van der Waals surface area contributed by atoms with Crippen molar-refractivity contribution in [2.24, 2.45) is 0 Å². The summed E-state index contributed by atoms with van der Waals surface area (Å²) in [4.78, 5) is 22.6. The smallest absolute Gasteiger partial charge is 0.336 e. The van der Waals surface area contributed by atoms with Crippen LogP contribution in [0.5, 0.6) is 0 Å². The molecule has 0 aliphatic carbocycles. The Morgan fingerprint density at radius 2 is 1.88 bits per heavy atom. The third-order valence-electron chi connectivity index (χ3n) is 3.45. The number of thioether (sulfide) groups is 1. The van der Waals surface area contributed by atoms with Crippen LogP contribution in [0.2, 0.25) is 0 Å². The third kappa shape index (κ3) is 7.59. The second-order valence-corrected chi connectivity index (χ2v) is 8.10. The largest absolute Gasteiger partial charge is 0.466 e. The van der Waals surface area contributed by atoms with Gasteiger partial charge in [-0.1, -0.05) is 25.6 Å². The van der Waals surface area contributed by atoms with E-state index in [4.69, 9.17) is 9.29 Å². The fourth-order valence-electron chi connectivity index (χ4n) is 1.92. The number of hydrogen-bond acceptors (Lipinski definition) is 7. The minimum atomic E-state index is -4.19. The Kier molecular flexibility index (Phi) is 8.83. The van der Waals surface area contributed by atoms with Gasteiger partial charge in [-0.3, -0.25) is 9.35 Å². The van der Waals surface area contributed by atoms with Crippen LogP contribution < -0.4 is 0 Å². The van der Waals surface area contributed by atoms with Gasteiger partial charge >= 0.3 is 11.9 Å². The van der Waals surface area contributed by atoms with Crippen LogP contribution in [0, 0.1) is 0 Å². The number of benzene rings is 1. The molecule has 0 aliphatic heterocycles. The second kappa shape index (κ2) is 10.3. The maximum atomic E-state index is 11.6. The monoisotopic (exact) mass is 402 g/mol. The molecule has 0 heterocycles. The highest BCUT2D eigenvalue weighted by molar-refractivity contribution is 7.99. The summed E-state index contributed by atoms with van der Waals surface area (Å²) in [5.41, 5.74) is 1.01. The summed E-state index contributed by atoms with van der Waals surface area (Å²) < 4.78 is 40.4. The fraction of sp³-hybridized carbons (Fsp3) is 0.412. The van der Waals surface area contributed by atoms with E-state index in [1.165, 1.54) is 19.2 Å². The topological polar surface area (TPSA) is 107 Å². The SMILES string of the molecule is C=C(COC(=O)CCSCC(C)c1ccc(S(=O)(=O)O)cc1)C(=O)OC. The van der Waals surface area contributed by atoms with E-state index >= 15 is 0 Å². The van der Waals surface area contributed by atoms with Crippen LogP contribution in [0.25, 0.3) is 0 Å². The van der Waals surface area contributed by atoms with Crippen molar-refractivity contribution >= 4 is 33.8 Å². The van der Waals surface area contributed by atoms with E-state index in [2.05, 4.69) is 11.3 Å². The van der Waals surface area contributed by atoms with Crippen LogP contribution >= 0.6 is 11.8 Å². The molecule has 0 bridgehead atoms. The quantitative estimate of drug-likeness (QED) is 0.275. The summed E-state index contributed by atoms with van der Waals surface area (Å²) >= 11 is 1.56. The summed E-state index contributed by atoms with van der Waals surface area (Å²) in [7, 11) is -2.96. The predicted molar refractivity (Wildman–Crippen MR) is 98.7 cm³/mol. The number of carbonyl (C=O) groups excluding carboxylic acids is 2. The molecule has 0 aliphatic rings.